The number of rotatable bonds is 2. The average Bonchev–Trinajstić information content (AvgIpc) is 2.93. The molecule has 1 N–H and O–H groups in total. The molecule has 2 heterocycles. The number of thiophene rings is 1. The quantitative estimate of drug-likeness (QED) is 0.816. The van der Waals surface area contributed by atoms with Crippen LogP contribution in [0.5, 0.6) is 0 Å². The molecule has 3 rings (SSSR count). The Balaban J connectivity index is 1.90. The van der Waals surface area contributed by atoms with Crippen LogP contribution in [-0.2, 0) is 12.8 Å². The maximum atomic E-state index is 6.12. The molecule has 1 aromatic heterocycles. The van der Waals surface area contributed by atoms with Gasteiger partial charge in [-0.25, -0.2) is 0 Å². The third kappa shape index (κ3) is 2.04. The number of benzene rings is 1. The van der Waals surface area contributed by atoms with Crippen molar-refractivity contribution < 1.29 is 0 Å². The molecule has 0 bridgehead atoms. The van der Waals surface area contributed by atoms with Crippen molar-refractivity contribution in [1.82, 2.24) is 0 Å². The molecule has 0 spiro atoms. The number of hydrogen-bond donors (Lipinski definition) is 1. The van der Waals surface area contributed by atoms with Crippen molar-refractivity contribution in [2.24, 2.45) is 0 Å². The van der Waals surface area contributed by atoms with E-state index in [1.54, 1.807) is 0 Å². The number of nitrogens with one attached hydrogen (secondary N) is 1. The van der Waals surface area contributed by atoms with E-state index in [-0.39, 0.29) is 0 Å². The highest BCUT2D eigenvalue weighted by Crippen LogP contribution is 2.40. The van der Waals surface area contributed by atoms with Crippen LogP contribution in [0.1, 0.15) is 33.8 Å². The standard InChI is InChI=1S/C15H16ClNS/c1-3-12-4-5-14(18-12)13-8-10-7-11(16)6-9(2)15(10)17-13/h4-7,13,17H,3,8H2,1-2H3. The number of anilines is 1. The van der Waals surface area contributed by atoms with E-state index in [1.807, 2.05) is 17.4 Å². The monoisotopic (exact) mass is 277 g/mol. The molecule has 2 aromatic rings. The number of hydrogen-bond acceptors (Lipinski definition) is 2. The van der Waals surface area contributed by atoms with E-state index in [9.17, 15) is 0 Å². The number of fused-ring (bicyclic) bond motifs is 1. The Labute approximate surface area is 117 Å². The minimum Gasteiger partial charge on any atom is -0.377 e. The van der Waals surface area contributed by atoms with Crippen LogP contribution in [0.3, 0.4) is 0 Å². The predicted octanol–water partition coefficient (Wildman–Crippen LogP) is 4.98. The Bertz CT molecular complexity index is 588. The summed E-state index contributed by atoms with van der Waals surface area (Å²) in [6, 6.07) is 9.03. The first-order valence-electron chi connectivity index (χ1n) is 6.31. The van der Waals surface area contributed by atoms with Crippen LogP contribution in [0.2, 0.25) is 5.02 Å². The van der Waals surface area contributed by atoms with Gasteiger partial charge in [0.1, 0.15) is 0 Å². The molecule has 0 saturated carbocycles. The van der Waals surface area contributed by atoms with E-state index in [0.29, 0.717) is 6.04 Å². The minimum absolute atomic E-state index is 0.419. The lowest BCUT2D eigenvalue weighted by Crippen LogP contribution is -2.03. The summed E-state index contributed by atoms with van der Waals surface area (Å²) in [7, 11) is 0. The first-order chi connectivity index (χ1) is 8.67. The van der Waals surface area contributed by atoms with Crippen LogP contribution in [0.25, 0.3) is 0 Å². The van der Waals surface area contributed by atoms with Crippen LogP contribution >= 0.6 is 22.9 Å². The van der Waals surface area contributed by atoms with E-state index in [4.69, 9.17) is 11.6 Å². The van der Waals surface area contributed by atoms with E-state index >= 15 is 0 Å². The van der Waals surface area contributed by atoms with Crippen LogP contribution in [-0.4, -0.2) is 0 Å². The molecule has 1 aliphatic rings. The van der Waals surface area contributed by atoms with Crippen molar-refractivity contribution in [2.75, 3.05) is 5.32 Å². The van der Waals surface area contributed by atoms with E-state index in [2.05, 4.69) is 37.4 Å². The van der Waals surface area contributed by atoms with Crippen molar-refractivity contribution in [3.8, 4) is 0 Å². The molecular formula is C15H16ClNS. The van der Waals surface area contributed by atoms with Gasteiger partial charge in [0.05, 0.1) is 6.04 Å². The first kappa shape index (κ1) is 12.1. The van der Waals surface area contributed by atoms with Gasteiger partial charge in [-0.15, -0.1) is 11.3 Å². The van der Waals surface area contributed by atoms with Crippen LogP contribution in [0.15, 0.2) is 24.3 Å². The minimum atomic E-state index is 0.419. The topological polar surface area (TPSA) is 12.0 Å². The van der Waals surface area contributed by atoms with Crippen molar-refractivity contribution >= 4 is 28.6 Å². The smallest absolute Gasteiger partial charge is 0.0647 e. The van der Waals surface area contributed by atoms with Gasteiger partial charge in [-0.2, -0.15) is 0 Å². The van der Waals surface area contributed by atoms with Gasteiger partial charge in [0.2, 0.25) is 0 Å². The molecule has 1 nitrogen and oxygen atoms in total. The summed E-state index contributed by atoms with van der Waals surface area (Å²) in [5, 5.41) is 4.48. The number of aryl methyl sites for hydroxylation is 2. The molecule has 0 amide bonds. The van der Waals surface area contributed by atoms with Crippen LogP contribution in [0.4, 0.5) is 5.69 Å². The second-order valence-electron chi connectivity index (χ2n) is 4.82. The summed E-state index contributed by atoms with van der Waals surface area (Å²) in [6.07, 6.45) is 2.16. The Morgan fingerprint density at radius 3 is 2.94 bits per heavy atom. The molecular weight excluding hydrogens is 262 g/mol. The van der Waals surface area contributed by atoms with E-state index in [1.165, 1.54) is 26.6 Å². The van der Waals surface area contributed by atoms with Crippen molar-refractivity contribution in [3.05, 3.63) is 50.2 Å². The Morgan fingerprint density at radius 2 is 2.22 bits per heavy atom. The highest BCUT2D eigenvalue weighted by Gasteiger charge is 2.24. The molecule has 18 heavy (non-hydrogen) atoms. The largest absolute Gasteiger partial charge is 0.377 e. The molecule has 1 aliphatic heterocycles. The van der Waals surface area contributed by atoms with E-state index < -0.39 is 0 Å². The maximum absolute atomic E-state index is 6.12. The average molecular weight is 278 g/mol. The summed E-state index contributed by atoms with van der Waals surface area (Å²) in [5.74, 6) is 0. The fourth-order valence-electron chi connectivity index (χ4n) is 2.57. The lowest BCUT2D eigenvalue weighted by atomic mass is 10.1. The Hall–Kier alpha value is -0.990. The molecule has 0 radical (unpaired) electrons. The van der Waals surface area contributed by atoms with Crippen molar-refractivity contribution in [3.63, 3.8) is 0 Å². The molecule has 3 heteroatoms. The Kier molecular flexibility index (Phi) is 3.08. The second-order valence-corrected chi connectivity index (χ2v) is 6.45. The zero-order valence-corrected chi connectivity index (χ0v) is 12.2. The van der Waals surface area contributed by atoms with Gasteiger partial charge in [-0.05, 0) is 55.2 Å². The fraction of sp³-hybridized carbons (Fsp3) is 0.333. The predicted molar refractivity (Wildman–Crippen MR) is 80.0 cm³/mol. The van der Waals surface area contributed by atoms with Crippen LogP contribution < -0.4 is 5.32 Å². The normalized spacial score (nSPS) is 17.6. The summed E-state index contributed by atoms with van der Waals surface area (Å²) < 4.78 is 0. The lowest BCUT2D eigenvalue weighted by Gasteiger charge is -2.09. The zero-order valence-electron chi connectivity index (χ0n) is 10.6. The van der Waals surface area contributed by atoms with Gasteiger partial charge in [0.25, 0.3) is 0 Å². The third-order valence-electron chi connectivity index (χ3n) is 3.50. The fourth-order valence-corrected chi connectivity index (χ4v) is 3.87. The van der Waals surface area contributed by atoms with Gasteiger partial charge < -0.3 is 5.32 Å². The number of halogens is 1. The summed E-state index contributed by atoms with van der Waals surface area (Å²) in [6.45, 7) is 4.32. The molecule has 0 aliphatic carbocycles. The summed E-state index contributed by atoms with van der Waals surface area (Å²) in [5.41, 5.74) is 3.86. The molecule has 0 fully saturated rings. The van der Waals surface area contributed by atoms with Gasteiger partial charge in [-0.3, -0.25) is 0 Å². The maximum Gasteiger partial charge on any atom is 0.0647 e. The van der Waals surface area contributed by atoms with Gasteiger partial charge in [0.15, 0.2) is 0 Å². The summed E-state index contributed by atoms with van der Waals surface area (Å²) in [4.78, 5) is 2.89. The SMILES string of the molecule is CCc1ccc(C2Cc3cc(Cl)cc(C)c3N2)s1. The molecule has 1 unspecified atom stereocenters. The van der Waals surface area contributed by atoms with Crippen molar-refractivity contribution in [2.45, 2.75) is 32.7 Å². The van der Waals surface area contributed by atoms with Gasteiger partial charge in [0, 0.05) is 20.5 Å². The van der Waals surface area contributed by atoms with E-state index in [0.717, 1.165) is 17.9 Å². The van der Waals surface area contributed by atoms with Crippen LogP contribution in [0, 0.1) is 6.92 Å². The third-order valence-corrected chi connectivity index (χ3v) is 5.06. The highest BCUT2D eigenvalue weighted by molar-refractivity contribution is 7.12. The molecule has 94 valence electrons. The summed E-state index contributed by atoms with van der Waals surface area (Å²) >= 11 is 8.04. The highest BCUT2D eigenvalue weighted by atomic mass is 35.5. The first-order valence-corrected chi connectivity index (χ1v) is 7.51. The zero-order chi connectivity index (χ0) is 12.7. The van der Waals surface area contributed by atoms with Gasteiger partial charge in [-0.1, -0.05) is 18.5 Å². The Morgan fingerprint density at radius 1 is 1.39 bits per heavy atom. The van der Waals surface area contributed by atoms with Crippen molar-refractivity contribution in [1.29, 1.82) is 0 Å². The molecule has 1 atom stereocenters. The lowest BCUT2D eigenvalue weighted by molar-refractivity contribution is 0.843. The second kappa shape index (κ2) is 4.60. The van der Waals surface area contributed by atoms with Gasteiger partial charge >= 0.3 is 0 Å². The molecule has 1 aromatic carbocycles. The molecule has 0 saturated heterocycles.